The first kappa shape index (κ1) is 11.7. The van der Waals surface area contributed by atoms with Gasteiger partial charge in [0.1, 0.15) is 6.10 Å². The Labute approximate surface area is 97.5 Å². The Kier molecular flexibility index (Phi) is 2.89. The lowest BCUT2D eigenvalue weighted by atomic mass is 9.45. The molecule has 1 radical (unpaired) electrons. The van der Waals surface area contributed by atoms with E-state index in [1.165, 1.54) is 6.42 Å². The van der Waals surface area contributed by atoms with Gasteiger partial charge >= 0.3 is 6.16 Å². The van der Waals surface area contributed by atoms with Crippen molar-refractivity contribution in [2.24, 2.45) is 23.2 Å². The molecule has 4 unspecified atom stereocenters. The second-order valence-electron chi connectivity index (χ2n) is 5.71. The summed E-state index contributed by atoms with van der Waals surface area (Å²) in [5, 5.41) is 0. The number of carbonyl (C=O) groups is 1. The van der Waals surface area contributed by atoms with Crippen molar-refractivity contribution >= 4 is 6.16 Å². The fourth-order valence-electron chi connectivity index (χ4n) is 3.50. The molecule has 3 nitrogen and oxygen atoms in total. The van der Waals surface area contributed by atoms with Crippen LogP contribution in [0.1, 0.15) is 33.6 Å². The Morgan fingerprint density at radius 3 is 2.62 bits per heavy atom. The van der Waals surface area contributed by atoms with Crippen LogP contribution in [0.2, 0.25) is 0 Å². The molecule has 3 aliphatic rings. The van der Waals surface area contributed by atoms with E-state index in [9.17, 15) is 4.79 Å². The minimum Gasteiger partial charge on any atom is -0.434 e. The smallest absolute Gasteiger partial charge is 0.434 e. The minimum absolute atomic E-state index is 0.0378. The molecular weight excluding hydrogens is 204 g/mol. The molecule has 0 spiro atoms. The fourth-order valence-corrected chi connectivity index (χ4v) is 3.50. The van der Waals surface area contributed by atoms with Crippen molar-refractivity contribution in [1.29, 1.82) is 0 Å². The summed E-state index contributed by atoms with van der Waals surface area (Å²) < 4.78 is 10.1. The van der Waals surface area contributed by atoms with Gasteiger partial charge in [-0.3, -0.25) is 0 Å². The predicted molar refractivity (Wildman–Crippen MR) is 60.7 cm³/mol. The Hall–Kier alpha value is -0.730. The molecule has 0 aliphatic heterocycles. The molecule has 2 bridgehead atoms. The monoisotopic (exact) mass is 225 g/mol. The van der Waals surface area contributed by atoms with Gasteiger partial charge < -0.3 is 9.47 Å². The van der Waals surface area contributed by atoms with Gasteiger partial charge in [-0.15, -0.1) is 0 Å². The SMILES string of the molecule is [CH2]COC(=O)OC1CC2CC(C1C)C2(C)C. The van der Waals surface area contributed by atoms with E-state index in [2.05, 4.69) is 27.7 Å². The summed E-state index contributed by atoms with van der Waals surface area (Å²) in [5.74, 6) is 1.83. The number of hydrogen-bond donors (Lipinski definition) is 0. The molecule has 0 aromatic carbocycles. The lowest BCUT2D eigenvalue weighted by Gasteiger charge is -2.61. The third-order valence-electron chi connectivity index (χ3n) is 4.75. The molecule has 0 aromatic rings. The zero-order valence-electron chi connectivity index (χ0n) is 10.4. The van der Waals surface area contributed by atoms with Crippen LogP contribution in [0.5, 0.6) is 0 Å². The van der Waals surface area contributed by atoms with Crippen molar-refractivity contribution in [3.63, 3.8) is 0 Å². The van der Waals surface area contributed by atoms with Crippen LogP contribution in [0.4, 0.5) is 4.79 Å². The number of ether oxygens (including phenoxy) is 2. The van der Waals surface area contributed by atoms with Crippen molar-refractivity contribution in [2.45, 2.75) is 39.7 Å². The van der Waals surface area contributed by atoms with Gasteiger partial charge in [0.25, 0.3) is 0 Å². The summed E-state index contributed by atoms with van der Waals surface area (Å²) in [6, 6.07) is 0. The van der Waals surface area contributed by atoms with Crippen LogP contribution < -0.4 is 0 Å². The predicted octanol–water partition coefficient (Wildman–Crippen LogP) is 3.04. The van der Waals surface area contributed by atoms with Crippen LogP contribution in [-0.2, 0) is 9.47 Å². The highest BCUT2D eigenvalue weighted by atomic mass is 16.7. The molecule has 0 heterocycles. The minimum atomic E-state index is -0.564. The van der Waals surface area contributed by atoms with Gasteiger partial charge in [-0.2, -0.15) is 0 Å². The van der Waals surface area contributed by atoms with E-state index in [4.69, 9.17) is 9.47 Å². The van der Waals surface area contributed by atoms with Crippen molar-refractivity contribution in [3.05, 3.63) is 6.92 Å². The normalized spacial score (nSPS) is 39.8. The fraction of sp³-hybridized carbons (Fsp3) is 0.846. The molecule has 0 aromatic heterocycles. The average molecular weight is 225 g/mol. The Bertz CT molecular complexity index is 285. The summed E-state index contributed by atoms with van der Waals surface area (Å²) in [4.78, 5) is 11.3. The molecule has 0 amide bonds. The van der Waals surface area contributed by atoms with Crippen LogP contribution in [0.3, 0.4) is 0 Å². The molecule has 3 aliphatic carbocycles. The van der Waals surface area contributed by atoms with E-state index in [0.717, 1.165) is 6.42 Å². The van der Waals surface area contributed by atoms with Crippen molar-refractivity contribution < 1.29 is 14.3 Å². The van der Waals surface area contributed by atoms with Crippen LogP contribution in [0.15, 0.2) is 0 Å². The van der Waals surface area contributed by atoms with Gasteiger partial charge in [0.2, 0.25) is 0 Å². The Morgan fingerprint density at radius 1 is 1.44 bits per heavy atom. The highest BCUT2D eigenvalue weighted by Gasteiger charge is 2.57. The van der Waals surface area contributed by atoms with Crippen molar-refractivity contribution in [3.8, 4) is 0 Å². The third-order valence-corrected chi connectivity index (χ3v) is 4.75. The Morgan fingerprint density at radius 2 is 2.12 bits per heavy atom. The molecule has 3 saturated carbocycles. The lowest BCUT2D eigenvalue weighted by molar-refractivity contribution is -0.161. The Balaban J connectivity index is 1.93. The highest BCUT2D eigenvalue weighted by molar-refractivity contribution is 5.60. The molecule has 3 heteroatoms. The first-order valence-corrected chi connectivity index (χ1v) is 6.09. The molecule has 91 valence electrons. The molecule has 4 atom stereocenters. The second kappa shape index (κ2) is 3.94. The number of rotatable bonds is 2. The summed E-state index contributed by atoms with van der Waals surface area (Å²) in [6.07, 6.45) is 1.75. The maximum absolute atomic E-state index is 11.3. The van der Waals surface area contributed by atoms with Crippen LogP contribution in [0, 0.1) is 30.1 Å². The summed E-state index contributed by atoms with van der Waals surface area (Å²) >= 11 is 0. The third kappa shape index (κ3) is 1.70. The highest BCUT2D eigenvalue weighted by Crippen LogP contribution is 2.61. The van der Waals surface area contributed by atoms with Crippen LogP contribution in [0.25, 0.3) is 0 Å². The summed E-state index contributed by atoms with van der Waals surface area (Å²) in [6.45, 7) is 10.4. The number of fused-ring (bicyclic) bond motifs is 2. The quantitative estimate of drug-likeness (QED) is 0.678. The second-order valence-corrected chi connectivity index (χ2v) is 5.71. The maximum atomic E-state index is 11.3. The first-order valence-electron chi connectivity index (χ1n) is 6.09. The van der Waals surface area contributed by atoms with Crippen molar-refractivity contribution in [1.82, 2.24) is 0 Å². The van der Waals surface area contributed by atoms with Gasteiger partial charge in [-0.1, -0.05) is 20.8 Å². The topological polar surface area (TPSA) is 35.5 Å². The number of carbonyl (C=O) groups excluding carboxylic acids is 1. The van der Waals surface area contributed by atoms with E-state index in [1.54, 1.807) is 0 Å². The van der Waals surface area contributed by atoms with E-state index >= 15 is 0 Å². The zero-order chi connectivity index (χ0) is 11.9. The van der Waals surface area contributed by atoms with Gasteiger partial charge in [-0.05, 0) is 42.9 Å². The van der Waals surface area contributed by atoms with E-state index in [1.807, 2.05) is 0 Å². The average Bonchev–Trinajstić information content (AvgIpc) is 2.20. The number of hydrogen-bond acceptors (Lipinski definition) is 3. The first-order chi connectivity index (χ1) is 7.46. The van der Waals surface area contributed by atoms with Gasteiger partial charge in [0.05, 0.1) is 6.61 Å². The van der Waals surface area contributed by atoms with Crippen molar-refractivity contribution in [2.75, 3.05) is 6.61 Å². The zero-order valence-corrected chi connectivity index (χ0v) is 10.4. The van der Waals surface area contributed by atoms with Gasteiger partial charge in [-0.25, -0.2) is 4.79 Å². The van der Waals surface area contributed by atoms with Crippen LogP contribution >= 0.6 is 0 Å². The maximum Gasteiger partial charge on any atom is 0.508 e. The van der Waals surface area contributed by atoms with E-state index in [0.29, 0.717) is 23.2 Å². The molecule has 3 rings (SSSR count). The largest absolute Gasteiger partial charge is 0.508 e. The van der Waals surface area contributed by atoms with Crippen LogP contribution in [-0.4, -0.2) is 18.9 Å². The standard InChI is InChI=1S/C13H21O3/c1-5-15-12(14)16-11-7-9-6-10(8(11)2)13(9,3)4/h8-11H,1,5-7H2,2-4H3. The van der Waals surface area contributed by atoms with Gasteiger partial charge in [0, 0.05) is 0 Å². The van der Waals surface area contributed by atoms with E-state index < -0.39 is 6.16 Å². The summed E-state index contributed by atoms with van der Waals surface area (Å²) in [5.41, 5.74) is 0.426. The van der Waals surface area contributed by atoms with E-state index in [-0.39, 0.29) is 12.7 Å². The molecule has 3 fully saturated rings. The molecule has 0 N–H and O–H groups in total. The molecule has 16 heavy (non-hydrogen) atoms. The molecule has 0 saturated heterocycles. The molecular formula is C13H21O3. The lowest BCUT2D eigenvalue weighted by Crippen LogP contribution is -2.57. The summed E-state index contributed by atoms with van der Waals surface area (Å²) in [7, 11) is 0. The van der Waals surface area contributed by atoms with Gasteiger partial charge in [0.15, 0.2) is 0 Å².